The van der Waals surface area contributed by atoms with Crippen LogP contribution in [0.1, 0.15) is 11.1 Å². The number of hydrogen-bond donors (Lipinski definition) is 1. The summed E-state index contributed by atoms with van der Waals surface area (Å²) in [5.41, 5.74) is 1.25. The summed E-state index contributed by atoms with van der Waals surface area (Å²) in [5, 5.41) is 13.5. The zero-order chi connectivity index (χ0) is 10.8. The molecule has 2 N–H and O–H groups in total. The maximum absolute atomic E-state index is 11.1. The van der Waals surface area contributed by atoms with E-state index in [-0.39, 0.29) is 11.3 Å². The Morgan fingerprint density at radius 1 is 1.50 bits per heavy atom. The maximum Gasteiger partial charge on any atom is 0.238 e. The topological polar surface area (TPSA) is 83.9 Å². The van der Waals surface area contributed by atoms with Crippen LogP contribution >= 0.6 is 0 Å². The molecule has 0 amide bonds. The van der Waals surface area contributed by atoms with Crippen molar-refractivity contribution in [2.45, 2.75) is 18.2 Å². The normalized spacial score (nSPS) is 10.9. The first-order valence-electron chi connectivity index (χ1n) is 3.94. The third-order valence-electron chi connectivity index (χ3n) is 1.80. The molecular weight excluding hydrogens is 200 g/mol. The van der Waals surface area contributed by atoms with Gasteiger partial charge < -0.3 is 0 Å². The number of nitrogens with zero attached hydrogens (tertiary/aromatic N) is 1. The van der Waals surface area contributed by atoms with Crippen LogP contribution < -0.4 is 5.14 Å². The number of benzene rings is 1. The lowest BCUT2D eigenvalue weighted by atomic mass is 10.1. The summed E-state index contributed by atoms with van der Waals surface area (Å²) < 4.78 is 22.3. The van der Waals surface area contributed by atoms with E-state index in [0.717, 1.165) is 5.56 Å². The number of primary sulfonamides is 1. The van der Waals surface area contributed by atoms with Gasteiger partial charge in [0.25, 0.3) is 0 Å². The highest BCUT2D eigenvalue weighted by Gasteiger charge is 2.13. The lowest BCUT2D eigenvalue weighted by Crippen LogP contribution is -2.14. The molecule has 0 aromatic heterocycles. The molecule has 1 rings (SSSR count). The van der Waals surface area contributed by atoms with Gasteiger partial charge in [-0.3, -0.25) is 0 Å². The van der Waals surface area contributed by atoms with Gasteiger partial charge in [0.15, 0.2) is 0 Å². The Morgan fingerprint density at radius 3 is 2.64 bits per heavy atom. The van der Waals surface area contributed by atoms with Crippen molar-refractivity contribution in [1.29, 1.82) is 5.26 Å². The van der Waals surface area contributed by atoms with Crippen LogP contribution in [-0.2, 0) is 16.4 Å². The van der Waals surface area contributed by atoms with Crippen molar-refractivity contribution in [2.75, 3.05) is 0 Å². The fourth-order valence-corrected chi connectivity index (χ4v) is 2.01. The Labute approximate surface area is 83.0 Å². The van der Waals surface area contributed by atoms with Crippen molar-refractivity contribution in [2.24, 2.45) is 5.14 Å². The van der Waals surface area contributed by atoms with E-state index >= 15 is 0 Å². The molecule has 1 aromatic carbocycles. The summed E-state index contributed by atoms with van der Waals surface area (Å²) in [6.07, 6.45) is 0.0477. The minimum Gasteiger partial charge on any atom is -0.225 e. The van der Waals surface area contributed by atoms with Gasteiger partial charge in [-0.1, -0.05) is 12.1 Å². The highest BCUT2D eigenvalue weighted by molar-refractivity contribution is 7.89. The zero-order valence-corrected chi connectivity index (χ0v) is 8.50. The minimum atomic E-state index is -3.73. The molecule has 0 aliphatic heterocycles. The number of nitrogens with two attached hydrogens (primary N) is 1. The number of hydrogen-bond acceptors (Lipinski definition) is 3. The van der Waals surface area contributed by atoms with E-state index in [1.807, 2.05) is 6.07 Å². The van der Waals surface area contributed by atoms with E-state index in [1.165, 1.54) is 6.07 Å². The quantitative estimate of drug-likeness (QED) is 0.780. The monoisotopic (exact) mass is 210 g/mol. The molecule has 0 saturated carbocycles. The third kappa shape index (κ3) is 2.31. The second-order valence-corrected chi connectivity index (χ2v) is 4.52. The van der Waals surface area contributed by atoms with Gasteiger partial charge in [0.05, 0.1) is 17.4 Å². The van der Waals surface area contributed by atoms with Gasteiger partial charge in [0, 0.05) is 0 Å². The first kappa shape index (κ1) is 10.7. The van der Waals surface area contributed by atoms with Crippen molar-refractivity contribution >= 4 is 10.0 Å². The number of sulfonamides is 1. The van der Waals surface area contributed by atoms with Gasteiger partial charge in [0.1, 0.15) is 0 Å². The summed E-state index contributed by atoms with van der Waals surface area (Å²) in [4.78, 5) is 0.0408. The van der Waals surface area contributed by atoms with Gasteiger partial charge >= 0.3 is 0 Å². The molecule has 0 radical (unpaired) electrons. The van der Waals surface area contributed by atoms with E-state index < -0.39 is 10.0 Å². The van der Waals surface area contributed by atoms with E-state index in [1.54, 1.807) is 19.1 Å². The predicted octanol–water partition coefficient (Wildman–Crippen LogP) is 0.709. The molecule has 0 saturated heterocycles. The SMILES string of the molecule is Cc1ccc(CC#N)c(S(N)(=O)=O)c1. The first-order chi connectivity index (χ1) is 6.45. The number of nitriles is 1. The van der Waals surface area contributed by atoms with Gasteiger partial charge in [-0.15, -0.1) is 0 Å². The molecule has 4 nitrogen and oxygen atoms in total. The summed E-state index contributed by atoms with van der Waals surface area (Å²) in [5.74, 6) is 0. The van der Waals surface area contributed by atoms with E-state index in [0.29, 0.717) is 5.56 Å². The molecule has 0 heterocycles. The molecule has 0 aliphatic rings. The summed E-state index contributed by atoms with van der Waals surface area (Å²) in [7, 11) is -3.73. The van der Waals surface area contributed by atoms with Crippen LogP contribution in [0.3, 0.4) is 0 Å². The molecule has 0 fully saturated rings. The van der Waals surface area contributed by atoms with E-state index in [9.17, 15) is 8.42 Å². The average molecular weight is 210 g/mol. The molecular formula is C9H10N2O2S. The fourth-order valence-electron chi connectivity index (χ4n) is 1.16. The summed E-state index contributed by atoms with van der Waals surface area (Å²) >= 11 is 0. The number of rotatable bonds is 2. The van der Waals surface area contributed by atoms with Crippen LogP contribution in [0.15, 0.2) is 23.1 Å². The maximum atomic E-state index is 11.1. The fraction of sp³-hybridized carbons (Fsp3) is 0.222. The lowest BCUT2D eigenvalue weighted by Gasteiger charge is -2.05. The van der Waals surface area contributed by atoms with Crippen LogP contribution in [0, 0.1) is 18.3 Å². The van der Waals surface area contributed by atoms with Gasteiger partial charge in [0.2, 0.25) is 10.0 Å². The van der Waals surface area contributed by atoms with Crippen LogP contribution in [0.4, 0.5) is 0 Å². The zero-order valence-electron chi connectivity index (χ0n) is 7.69. The van der Waals surface area contributed by atoms with Crippen LogP contribution in [0.5, 0.6) is 0 Å². The second kappa shape index (κ2) is 3.78. The molecule has 0 bridgehead atoms. The molecule has 5 heteroatoms. The molecule has 0 aliphatic carbocycles. The van der Waals surface area contributed by atoms with Crippen molar-refractivity contribution in [3.8, 4) is 6.07 Å². The van der Waals surface area contributed by atoms with E-state index in [4.69, 9.17) is 10.4 Å². The summed E-state index contributed by atoms with van der Waals surface area (Å²) in [6.45, 7) is 1.77. The standard InChI is InChI=1S/C9H10N2O2S/c1-7-2-3-8(4-5-10)9(6-7)14(11,12)13/h2-3,6H,4H2,1H3,(H2,11,12,13). The van der Waals surface area contributed by atoms with Crippen molar-refractivity contribution in [3.63, 3.8) is 0 Å². The Bertz CT molecular complexity index is 486. The Kier molecular flexibility index (Phi) is 2.89. The largest absolute Gasteiger partial charge is 0.238 e. The minimum absolute atomic E-state index is 0.0408. The van der Waals surface area contributed by atoms with E-state index in [2.05, 4.69) is 0 Å². The molecule has 74 valence electrons. The van der Waals surface area contributed by atoms with Crippen LogP contribution in [-0.4, -0.2) is 8.42 Å². The Morgan fingerprint density at radius 2 is 2.14 bits per heavy atom. The van der Waals surface area contributed by atoms with Crippen LogP contribution in [0.2, 0.25) is 0 Å². The highest BCUT2D eigenvalue weighted by Crippen LogP contribution is 2.16. The van der Waals surface area contributed by atoms with Crippen LogP contribution in [0.25, 0.3) is 0 Å². The molecule has 0 spiro atoms. The van der Waals surface area contributed by atoms with Crippen molar-refractivity contribution < 1.29 is 8.42 Å². The van der Waals surface area contributed by atoms with Crippen molar-refractivity contribution in [1.82, 2.24) is 0 Å². The lowest BCUT2D eigenvalue weighted by molar-refractivity contribution is 0.597. The van der Waals surface area contributed by atoms with Gasteiger partial charge in [-0.2, -0.15) is 5.26 Å². The molecule has 14 heavy (non-hydrogen) atoms. The van der Waals surface area contributed by atoms with Gasteiger partial charge in [-0.05, 0) is 24.1 Å². The third-order valence-corrected chi connectivity index (χ3v) is 2.79. The Balaban J connectivity index is 3.39. The first-order valence-corrected chi connectivity index (χ1v) is 5.49. The Hall–Kier alpha value is -1.38. The second-order valence-electron chi connectivity index (χ2n) is 2.99. The molecule has 0 atom stereocenters. The summed E-state index contributed by atoms with van der Waals surface area (Å²) in [6, 6.07) is 6.73. The van der Waals surface area contributed by atoms with Crippen molar-refractivity contribution in [3.05, 3.63) is 29.3 Å². The number of aryl methyl sites for hydroxylation is 1. The van der Waals surface area contributed by atoms with Gasteiger partial charge in [-0.25, -0.2) is 13.6 Å². The predicted molar refractivity (Wildman–Crippen MR) is 51.9 cm³/mol. The highest BCUT2D eigenvalue weighted by atomic mass is 32.2. The average Bonchev–Trinajstić information content (AvgIpc) is 2.07. The molecule has 1 aromatic rings. The molecule has 0 unspecified atom stereocenters. The smallest absolute Gasteiger partial charge is 0.225 e.